The molecular weight excluding hydrogens is 228 g/mol. The number of pyridine rings is 1. The van der Waals surface area contributed by atoms with E-state index in [4.69, 9.17) is 14.9 Å². The highest BCUT2D eigenvalue weighted by molar-refractivity contribution is 5.98. The van der Waals surface area contributed by atoms with Crippen LogP contribution in [-0.4, -0.2) is 46.8 Å². The van der Waals surface area contributed by atoms with Crippen LogP contribution in [0.4, 0.5) is 0 Å². The van der Waals surface area contributed by atoms with Crippen LogP contribution in [0.5, 0.6) is 5.88 Å². The van der Waals surface area contributed by atoms with Crippen LogP contribution in [-0.2, 0) is 4.79 Å². The number of nitrogens with one attached hydrogen (secondary N) is 1. The molecule has 1 aromatic rings. The van der Waals surface area contributed by atoms with Gasteiger partial charge in [-0.1, -0.05) is 0 Å². The van der Waals surface area contributed by atoms with Crippen LogP contribution in [0.3, 0.4) is 0 Å². The fourth-order valence-corrected chi connectivity index (χ4v) is 1.15. The van der Waals surface area contributed by atoms with Crippen LogP contribution in [0, 0.1) is 0 Å². The van der Waals surface area contributed by atoms with Crippen molar-refractivity contribution in [3.63, 3.8) is 0 Å². The van der Waals surface area contributed by atoms with Crippen molar-refractivity contribution in [1.29, 1.82) is 0 Å². The molecule has 92 valence electrons. The van der Waals surface area contributed by atoms with E-state index < -0.39 is 24.5 Å². The second-order valence-corrected chi connectivity index (χ2v) is 3.11. The van der Waals surface area contributed by atoms with Gasteiger partial charge in [-0.15, -0.1) is 0 Å². The predicted octanol–water partition coefficient (Wildman–Crippen LogP) is -0.735. The molecule has 0 aliphatic heterocycles. The Labute approximate surface area is 97.1 Å². The third-order valence-electron chi connectivity index (χ3n) is 2.00. The van der Waals surface area contributed by atoms with Crippen LogP contribution in [0.1, 0.15) is 10.4 Å². The molecule has 17 heavy (non-hydrogen) atoms. The van der Waals surface area contributed by atoms with Crippen LogP contribution < -0.4 is 10.1 Å². The number of carbonyl (C=O) groups is 2. The van der Waals surface area contributed by atoms with Gasteiger partial charge in [0.2, 0.25) is 5.88 Å². The summed E-state index contributed by atoms with van der Waals surface area (Å²) in [5, 5.41) is 19.6. The average molecular weight is 240 g/mol. The number of nitrogens with zero attached hydrogens (tertiary/aromatic N) is 1. The molecule has 7 heteroatoms. The van der Waals surface area contributed by atoms with E-state index in [1.165, 1.54) is 25.4 Å². The van der Waals surface area contributed by atoms with E-state index in [0.29, 0.717) is 0 Å². The molecule has 0 saturated carbocycles. The third kappa shape index (κ3) is 3.15. The van der Waals surface area contributed by atoms with Crippen molar-refractivity contribution in [2.45, 2.75) is 6.04 Å². The Hall–Kier alpha value is -2.15. The fraction of sp³-hybridized carbons (Fsp3) is 0.300. The van der Waals surface area contributed by atoms with Gasteiger partial charge in [0.05, 0.1) is 13.7 Å². The predicted molar refractivity (Wildman–Crippen MR) is 56.8 cm³/mol. The largest absolute Gasteiger partial charge is 0.480 e. The third-order valence-corrected chi connectivity index (χ3v) is 2.00. The van der Waals surface area contributed by atoms with Crippen molar-refractivity contribution in [2.24, 2.45) is 0 Å². The molecule has 0 aliphatic rings. The van der Waals surface area contributed by atoms with E-state index in [1.54, 1.807) is 0 Å². The minimum atomic E-state index is -1.35. The number of methoxy groups -OCH3 is 1. The lowest BCUT2D eigenvalue weighted by molar-refractivity contribution is -0.140. The molecule has 1 heterocycles. The standard InChI is InChI=1S/C10H12N2O5/c1-17-9-6(3-2-4-11-9)8(14)12-7(5-13)10(15)16/h2-4,7,13H,5H2,1H3,(H,12,14)(H,15,16). The summed E-state index contributed by atoms with van der Waals surface area (Å²) in [6, 6.07) is 1.61. The van der Waals surface area contributed by atoms with Gasteiger partial charge in [0.1, 0.15) is 5.56 Å². The fourth-order valence-electron chi connectivity index (χ4n) is 1.15. The lowest BCUT2D eigenvalue weighted by atomic mass is 10.2. The van der Waals surface area contributed by atoms with Gasteiger partial charge in [0, 0.05) is 6.20 Å². The highest BCUT2D eigenvalue weighted by Gasteiger charge is 2.21. The normalized spacial score (nSPS) is 11.6. The molecule has 0 spiro atoms. The summed E-state index contributed by atoms with van der Waals surface area (Å²) in [7, 11) is 1.35. The topological polar surface area (TPSA) is 109 Å². The summed E-state index contributed by atoms with van der Waals surface area (Å²) in [6.07, 6.45) is 1.44. The Bertz CT molecular complexity index is 421. The summed E-state index contributed by atoms with van der Waals surface area (Å²) in [5.74, 6) is -1.90. The van der Waals surface area contributed by atoms with E-state index in [-0.39, 0.29) is 11.4 Å². The number of aromatic nitrogens is 1. The Morgan fingerprint density at radius 3 is 2.82 bits per heavy atom. The zero-order valence-electron chi connectivity index (χ0n) is 9.08. The van der Waals surface area contributed by atoms with Gasteiger partial charge < -0.3 is 20.3 Å². The molecule has 3 N–H and O–H groups in total. The van der Waals surface area contributed by atoms with Gasteiger partial charge >= 0.3 is 5.97 Å². The molecule has 1 aromatic heterocycles. The number of rotatable bonds is 5. The second kappa shape index (κ2) is 5.80. The van der Waals surface area contributed by atoms with Crippen LogP contribution in [0.2, 0.25) is 0 Å². The molecule has 1 rings (SSSR count). The van der Waals surface area contributed by atoms with Gasteiger partial charge in [-0.05, 0) is 12.1 Å². The molecule has 0 radical (unpaired) electrons. The van der Waals surface area contributed by atoms with Crippen molar-refractivity contribution in [3.8, 4) is 5.88 Å². The van der Waals surface area contributed by atoms with E-state index in [0.717, 1.165) is 0 Å². The number of amides is 1. The quantitative estimate of drug-likeness (QED) is 0.625. The summed E-state index contributed by atoms with van der Waals surface area (Å²) in [4.78, 5) is 26.1. The van der Waals surface area contributed by atoms with Crippen molar-refractivity contribution >= 4 is 11.9 Å². The van der Waals surface area contributed by atoms with Gasteiger partial charge in [0.25, 0.3) is 5.91 Å². The zero-order chi connectivity index (χ0) is 12.8. The lowest BCUT2D eigenvalue weighted by Gasteiger charge is -2.12. The number of ether oxygens (including phenoxy) is 1. The van der Waals surface area contributed by atoms with E-state index in [9.17, 15) is 9.59 Å². The number of aliphatic carboxylic acids is 1. The number of hydrogen-bond acceptors (Lipinski definition) is 5. The number of carboxylic acids is 1. The number of carbonyl (C=O) groups excluding carboxylic acids is 1. The molecule has 0 bridgehead atoms. The molecule has 1 unspecified atom stereocenters. The first-order chi connectivity index (χ1) is 8.10. The zero-order valence-corrected chi connectivity index (χ0v) is 9.08. The monoisotopic (exact) mass is 240 g/mol. The molecule has 1 amide bonds. The van der Waals surface area contributed by atoms with Crippen molar-refractivity contribution in [1.82, 2.24) is 10.3 Å². The summed E-state index contributed by atoms with van der Waals surface area (Å²) in [5.41, 5.74) is 0.106. The van der Waals surface area contributed by atoms with Crippen molar-refractivity contribution < 1.29 is 24.5 Å². The first-order valence-corrected chi connectivity index (χ1v) is 4.73. The number of hydrogen-bond donors (Lipinski definition) is 3. The second-order valence-electron chi connectivity index (χ2n) is 3.11. The number of carboxylic acid groups (broad SMARTS) is 1. The van der Waals surface area contributed by atoms with Crippen LogP contribution >= 0.6 is 0 Å². The van der Waals surface area contributed by atoms with Crippen LogP contribution in [0.15, 0.2) is 18.3 Å². The summed E-state index contributed by atoms with van der Waals surface area (Å²) in [6.45, 7) is -0.691. The van der Waals surface area contributed by atoms with Gasteiger partial charge in [-0.25, -0.2) is 9.78 Å². The Morgan fingerprint density at radius 1 is 1.59 bits per heavy atom. The Kier molecular flexibility index (Phi) is 4.41. The smallest absolute Gasteiger partial charge is 0.328 e. The number of aliphatic hydroxyl groups is 1. The highest BCUT2D eigenvalue weighted by Crippen LogP contribution is 2.13. The maximum atomic E-state index is 11.7. The first kappa shape index (κ1) is 12.9. The van der Waals surface area contributed by atoms with E-state index in [2.05, 4.69) is 10.3 Å². The average Bonchev–Trinajstić information content (AvgIpc) is 2.35. The van der Waals surface area contributed by atoms with Crippen molar-refractivity contribution in [3.05, 3.63) is 23.9 Å². The number of aliphatic hydroxyl groups excluding tert-OH is 1. The van der Waals surface area contributed by atoms with Gasteiger partial charge in [-0.2, -0.15) is 0 Å². The molecule has 1 atom stereocenters. The summed E-state index contributed by atoms with van der Waals surface area (Å²) < 4.78 is 4.86. The molecule has 0 saturated heterocycles. The highest BCUT2D eigenvalue weighted by atomic mass is 16.5. The maximum Gasteiger partial charge on any atom is 0.328 e. The van der Waals surface area contributed by atoms with E-state index in [1.807, 2.05) is 0 Å². The molecule has 0 fully saturated rings. The van der Waals surface area contributed by atoms with E-state index >= 15 is 0 Å². The first-order valence-electron chi connectivity index (χ1n) is 4.73. The minimum Gasteiger partial charge on any atom is -0.480 e. The summed E-state index contributed by atoms with van der Waals surface area (Å²) >= 11 is 0. The SMILES string of the molecule is COc1ncccc1C(=O)NC(CO)C(=O)O. The Morgan fingerprint density at radius 2 is 2.29 bits per heavy atom. The lowest BCUT2D eigenvalue weighted by Crippen LogP contribution is -2.43. The minimum absolute atomic E-state index is 0.0899. The Balaban J connectivity index is 2.86. The molecular formula is C10H12N2O5. The maximum absolute atomic E-state index is 11.7. The molecule has 0 aliphatic carbocycles. The van der Waals surface area contributed by atoms with Gasteiger partial charge in [-0.3, -0.25) is 4.79 Å². The molecule has 7 nitrogen and oxygen atoms in total. The van der Waals surface area contributed by atoms with Crippen molar-refractivity contribution in [2.75, 3.05) is 13.7 Å². The van der Waals surface area contributed by atoms with Gasteiger partial charge in [0.15, 0.2) is 6.04 Å². The molecule has 0 aromatic carbocycles. The van der Waals surface area contributed by atoms with Crippen LogP contribution in [0.25, 0.3) is 0 Å².